The maximum absolute atomic E-state index is 3.93. The molecule has 0 heterocycles. The van der Waals surface area contributed by atoms with E-state index in [1.165, 1.54) is 47.9 Å². The molecule has 0 amide bonds. The summed E-state index contributed by atoms with van der Waals surface area (Å²) < 4.78 is 0. The molecular weight excluding hydrogens is 254 g/mol. The van der Waals surface area contributed by atoms with Crippen LogP contribution in [0.2, 0.25) is 0 Å². The minimum atomic E-state index is 0.369. The second-order valence-electron chi connectivity index (χ2n) is 6.61. The molecule has 1 atom stereocenters. The Bertz CT molecular complexity index is 594. The van der Waals surface area contributed by atoms with Gasteiger partial charge in [-0.25, -0.2) is 0 Å². The highest BCUT2D eigenvalue weighted by Gasteiger charge is 2.31. The molecule has 0 saturated heterocycles. The van der Waals surface area contributed by atoms with Gasteiger partial charge < -0.3 is 5.32 Å². The molecule has 2 aliphatic rings. The van der Waals surface area contributed by atoms with Crippen LogP contribution in [0.25, 0.3) is 11.1 Å². The van der Waals surface area contributed by atoms with E-state index in [0.29, 0.717) is 12.1 Å². The monoisotopic (exact) mass is 277 g/mol. The lowest BCUT2D eigenvalue weighted by Gasteiger charge is -2.26. The third-order valence-electron chi connectivity index (χ3n) is 5.37. The average Bonchev–Trinajstić information content (AvgIpc) is 3.15. The molecule has 21 heavy (non-hydrogen) atoms. The minimum absolute atomic E-state index is 0.369. The van der Waals surface area contributed by atoms with Gasteiger partial charge in [-0.15, -0.1) is 0 Å². The van der Waals surface area contributed by atoms with Crippen LogP contribution in [0.5, 0.6) is 0 Å². The first-order valence-corrected chi connectivity index (χ1v) is 8.29. The molecule has 1 heteroatoms. The number of nitrogens with one attached hydrogen (secondary N) is 1. The van der Waals surface area contributed by atoms with Gasteiger partial charge in [0.05, 0.1) is 6.04 Å². The highest BCUT2D eigenvalue weighted by atomic mass is 15.0. The smallest absolute Gasteiger partial charge is 0.0591 e. The lowest BCUT2D eigenvalue weighted by molar-refractivity contribution is 0.363. The van der Waals surface area contributed by atoms with Crippen molar-refractivity contribution in [3.8, 4) is 11.1 Å². The molecule has 0 unspecified atom stereocenters. The predicted octanol–water partition coefficient (Wildman–Crippen LogP) is 4.92. The first-order valence-electron chi connectivity index (χ1n) is 8.29. The molecule has 1 nitrogen and oxygen atoms in total. The first kappa shape index (κ1) is 13.1. The molecule has 0 aromatic heterocycles. The Kier molecular flexibility index (Phi) is 3.31. The zero-order chi connectivity index (χ0) is 14.2. The largest absolute Gasteiger partial charge is 0.303 e. The van der Waals surface area contributed by atoms with Crippen molar-refractivity contribution in [1.82, 2.24) is 5.32 Å². The molecule has 2 aliphatic carbocycles. The van der Waals surface area contributed by atoms with Gasteiger partial charge >= 0.3 is 0 Å². The van der Waals surface area contributed by atoms with Crippen LogP contribution in [0.3, 0.4) is 0 Å². The van der Waals surface area contributed by atoms with Crippen molar-refractivity contribution >= 4 is 0 Å². The van der Waals surface area contributed by atoms with E-state index < -0.39 is 0 Å². The van der Waals surface area contributed by atoms with Gasteiger partial charge in [-0.3, -0.25) is 0 Å². The minimum Gasteiger partial charge on any atom is -0.303 e. The van der Waals surface area contributed by atoms with Crippen LogP contribution in [0.15, 0.2) is 48.5 Å². The summed E-state index contributed by atoms with van der Waals surface area (Å²) in [5.41, 5.74) is 5.71. The molecular formula is C20H23N. The maximum Gasteiger partial charge on any atom is 0.0591 e. The zero-order valence-electron chi connectivity index (χ0n) is 12.7. The number of fused-ring (bicyclic) bond motifs is 3. The van der Waals surface area contributed by atoms with Crippen molar-refractivity contribution in [2.24, 2.45) is 5.92 Å². The van der Waals surface area contributed by atoms with Gasteiger partial charge in [0.2, 0.25) is 0 Å². The Morgan fingerprint density at radius 1 is 0.857 bits per heavy atom. The summed E-state index contributed by atoms with van der Waals surface area (Å²) in [5, 5.41) is 3.93. The summed E-state index contributed by atoms with van der Waals surface area (Å²) in [6.45, 7) is 2.37. The second-order valence-corrected chi connectivity index (χ2v) is 6.61. The quantitative estimate of drug-likeness (QED) is 0.839. The Labute approximate surface area is 127 Å². The number of hydrogen-bond acceptors (Lipinski definition) is 1. The van der Waals surface area contributed by atoms with Gasteiger partial charge in [0, 0.05) is 6.04 Å². The lowest BCUT2D eigenvalue weighted by atomic mass is 9.96. The molecule has 0 spiro atoms. The van der Waals surface area contributed by atoms with E-state index in [2.05, 4.69) is 60.8 Å². The highest BCUT2D eigenvalue weighted by Crippen LogP contribution is 2.43. The summed E-state index contributed by atoms with van der Waals surface area (Å²) in [6.07, 6.45) is 5.61. The van der Waals surface area contributed by atoms with Crippen molar-refractivity contribution in [3.05, 3.63) is 59.7 Å². The molecule has 1 N–H and O–H groups in total. The number of benzene rings is 2. The molecule has 0 aliphatic heterocycles. The van der Waals surface area contributed by atoms with Crippen LogP contribution in [0.4, 0.5) is 0 Å². The van der Waals surface area contributed by atoms with E-state index in [4.69, 9.17) is 0 Å². The summed E-state index contributed by atoms with van der Waals surface area (Å²) >= 11 is 0. The molecule has 2 aromatic rings. The summed E-state index contributed by atoms with van der Waals surface area (Å²) in [6, 6.07) is 18.7. The standard InChI is InChI=1S/C20H23N/c1-14(15-8-2-3-9-15)21-20-18-12-6-4-10-16(18)17-11-5-7-13-19(17)20/h4-7,10-15,20-21H,2-3,8-9H2,1H3/t14-/m0/s1. The van der Waals surface area contributed by atoms with Crippen molar-refractivity contribution in [3.63, 3.8) is 0 Å². The van der Waals surface area contributed by atoms with Gasteiger partial charge in [0.25, 0.3) is 0 Å². The summed E-state index contributed by atoms with van der Waals surface area (Å²) in [4.78, 5) is 0. The third kappa shape index (κ3) is 2.20. The van der Waals surface area contributed by atoms with E-state index in [1.807, 2.05) is 0 Å². The highest BCUT2D eigenvalue weighted by molar-refractivity contribution is 5.78. The molecule has 0 bridgehead atoms. The summed E-state index contributed by atoms with van der Waals surface area (Å²) in [7, 11) is 0. The van der Waals surface area contributed by atoms with Gasteiger partial charge in [-0.05, 0) is 47.9 Å². The molecule has 2 aromatic carbocycles. The fourth-order valence-electron chi connectivity index (χ4n) is 4.19. The Hall–Kier alpha value is -1.60. The van der Waals surface area contributed by atoms with Gasteiger partial charge in [-0.1, -0.05) is 61.4 Å². The average molecular weight is 277 g/mol. The Morgan fingerprint density at radius 3 is 1.95 bits per heavy atom. The lowest BCUT2D eigenvalue weighted by Crippen LogP contribution is -2.35. The molecule has 0 radical (unpaired) electrons. The van der Waals surface area contributed by atoms with Gasteiger partial charge in [-0.2, -0.15) is 0 Å². The zero-order valence-corrected chi connectivity index (χ0v) is 12.7. The number of hydrogen-bond donors (Lipinski definition) is 1. The summed E-state index contributed by atoms with van der Waals surface area (Å²) in [5.74, 6) is 0.852. The SMILES string of the molecule is C[C@H](NC1c2ccccc2-c2ccccc21)C1CCCC1. The first-order chi connectivity index (χ1) is 10.3. The van der Waals surface area contributed by atoms with Gasteiger partial charge in [0.1, 0.15) is 0 Å². The van der Waals surface area contributed by atoms with Crippen LogP contribution in [-0.2, 0) is 0 Å². The van der Waals surface area contributed by atoms with E-state index in [-0.39, 0.29) is 0 Å². The van der Waals surface area contributed by atoms with E-state index in [0.717, 1.165) is 5.92 Å². The maximum atomic E-state index is 3.93. The van der Waals surface area contributed by atoms with Crippen molar-refractivity contribution < 1.29 is 0 Å². The van der Waals surface area contributed by atoms with Crippen LogP contribution in [-0.4, -0.2) is 6.04 Å². The molecule has 4 rings (SSSR count). The fourth-order valence-corrected chi connectivity index (χ4v) is 4.19. The van der Waals surface area contributed by atoms with Gasteiger partial charge in [0.15, 0.2) is 0 Å². The van der Waals surface area contributed by atoms with Crippen LogP contribution in [0, 0.1) is 5.92 Å². The third-order valence-corrected chi connectivity index (χ3v) is 5.37. The molecule has 108 valence electrons. The van der Waals surface area contributed by atoms with Crippen molar-refractivity contribution in [2.75, 3.05) is 0 Å². The Morgan fingerprint density at radius 2 is 1.38 bits per heavy atom. The van der Waals surface area contributed by atoms with E-state index >= 15 is 0 Å². The van der Waals surface area contributed by atoms with Crippen molar-refractivity contribution in [2.45, 2.75) is 44.7 Å². The topological polar surface area (TPSA) is 12.0 Å². The molecule has 1 saturated carbocycles. The predicted molar refractivity (Wildman–Crippen MR) is 88.3 cm³/mol. The Balaban J connectivity index is 1.68. The van der Waals surface area contributed by atoms with Crippen molar-refractivity contribution in [1.29, 1.82) is 0 Å². The van der Waals surface area contributed by atoms with Crippen LogP contribution >= 0.6 is 0 Å². The normalized spacial score (nSPS) is 19.5. The number of rotatable bonds is 3. The second kappa shape index (κ2) is 5.31. The van der Waals surface area contributed by atoms with Crippen LogP contribution < -0.4 is 5.32 Å². The van der Waals surface area contributed by atoms with Crippen LogP contribution in [0.1, 0.15) is 49.8 Å². The van der Waals surface area contributed by atoms with E-state index in [1.54, 1.807) is 0 Å². The fraction of sp³-hybridized carbons (Fsp3) is 0.400. The molecule has 1 fully saturated rings. The van der Waals surface area contributed by atoms with E-state index in [9.17, 15) is 0 Å².